The highest BCUT2D eigenvalue weighted by atomic mass is 16.5. The zero-order valence-electron chi connectivity index (χ0n) is 12.8. The summed E-state index contributed by atoms with van der Waals surface area (Å²) in [6, 6.07) is 12.5. The summed E-state index contributed by atoms with van der Waals surface area (Å²) in [5, 5.41) is 2.72. The number of para-hydroxylation sites is 1. The number of ether oxygens (including phenoxy) is 1. The summed E-state index contributed by atoms with van der Waals surface area (Å²) in [4.78, 5) is 23.4. The van der Waals surface area contributed by atoms with E-state index in [9.17, 15) is 9.59 Å². The summed E-state index contributed by atoms with van der Waals surface area (Å²) in [6.45, 7) is 1.82. The second kappa shape index (κ2) is 6.00. The summed E-state index contributed by atoms with van der Waals surface area (Å²) in [5.74, 6) is -0.0515. The fraction of sp³-hybridized carbons (Fsp3) is 0.176. The highest BCUT2D eigenvalue weighted by Crippen LogP contribution is 2.18. The normalized spacial score (nSPS) is 10.7. The number of amides is 1. The second-order valence-corrected chi connectivity index (χ2v) is 5.21. The number of benzene rings is 2. The Labute approximate surface area is 132 Å². The van der Waals surface area contributed by atoms with Crippen LogP contribution in [0.25, 0.3) is 11.1 Å². The van der Waals surface area contributed by atoms with Gasteiger partial charge in [-0.3, -0.25) is 9.36 Å². The Morgan fingerprint density at radius 3 is 2.83 bits per heavy atom. The molecule has 1 heterocycles. The predicted molar refractivity (Wildman–Crippen MR) is 86.8 cm³/mol. The van der Waals surface area contributed by atoms with Crippen LogP contribution in [0.5, 0.6) is 5.75 Å². The van der Waals surface area contributed by atoms with Crippen LogP contribution in [0.2, 0.25) is 0 Å². The molecule has 118 valence electrons. The van der Waals surface area contributed by atoms with Gasteiger partial charge in [0.25, 0.3) is 5.91 Å². The van der Waals surface area contributed by atoms with E-state index in [0.717, 1.165) is 5.56 Å². The van der Waals surface area contributed by atoms with Gasteiger partial charge in [-0.05, 0) is 30.7 Å². The Morgan fingerprint density at radius 1 is 1.26 bits per heavy atom. The van der Waals surface area contributed by atoms with Crippen molar-refractivity contribution in [2.75, 3.05) is 11.9 Å². The molecule has 0 aliphatic rings. The molecule has 0 saturated heterocycles. The van der Waals surface area contributed by atoms with Crippen LogP contribution in [-0.2, 0) is 11.8 Å². The Morgan fingerprint density at radius 2 is 2.04 bits per heavy atom. The lowest BCUT2D eigenvalue weighted by Gasteiger charge is -2.09. The van der Waals surface area contributed by atoms with Gasteiger partial charge < -0.3 is 14.5 Å². The van der Waals surface area contributed by atoms with E-state index in [4.69, 9.17) is 9.15 Å². The molecule has 3 rings (SSSR count). The maximum absolute atomic E-state index is 12.0. The molecular formula is C17H16N2O4. The van der Waals surface area contributed by atoms with Crippen LogP contribution in [0.1, 0.15) is 5.56 Å². The van der Waals surface area contributed by atoms with E-state index in [1.54, 1.807) is 25.2 Å². The number of aromatic nitrogens is 1. The smallest absolute Gasteiger partial charge is 0.419 e. The SMILES string of the molecule is Cc1ccccc1OCC(=O)Nc1ccc2c(c1)oc(=O)n2C. The van der Waals surface area contributed by atoms with Crippen LogP contribution in [0.4, 0.5) is 5.69 Å². The van der Waals surface area contributed by atoms with Crippen molar-refractivity contribution < 1.29 is 13.9 Å². The standard InChI is InChI=1S/C17H16N2O4/c1-11-5-3-4-6-14(11)22-10-16(20)18-12-7-8-13-15(9-12)23-17(21)19(13)2/h3-9H,10H2,1-2H3,(H,18,20). The fourth-order valence-electron chi connectivity index (χ4n) is 2.27. The molecule has 1 amide bonds. The molecule has 0 aliphatic carbocycles. The minimum Gasteiger partial charge on any atom is -0.483 e. The van der Waals surface area contributed by atoms with E-state index >= 15 is 0 Å². The molecule has 3 aromatic rings. The van der Waals surface area contributed by atoms with E-state index in [-0.39, 0.29) is 12.5 Å². The van der Waals surface area contributed by atoms with Gasteiger partial charge in [0.05, 0.1) is 5.52 Å². The van der Waals surface area contributed by atoms with Crippen molar-refractivity contribution >= 4 is 22.7 Å². The largest absolute Gasteiger partial charge is 0.483 e. The number of anilines is 1. The topological polar surface area (TPSA) is 73.5 Å². The Kier molecular flexibility index (Phi) is 3.89. The van der Waals surface area contributed by atoms with Crippen molar-refractivity contribution in [3.8, 4) is 5.75 Å². The first-order valence-corrected chi connectivity index (χ1v) is 7.12. The average Bonchev–Trinajstić information content (AvgIpc) is 2.81. The minimum absolute atomic E-state index is 0.0956. The lowest BCUT2D eigenvalue weighted by molar-refractivity contribution is -0.118. The van der Waals surface area contributed by atoms with Crippen LogP contribution in [0, 0.1) is 6.92 Å². The molecule has 0 fully saturated rings. The number of hydrogen-bond acceptors (Lipinski definition) is 4. The van der Waals surface area contributed by atoms with Crippen LogP contribution < -0.4 is 15.8 Å². The zero-order valence-corrected chi connectivity index (χ0v) is 12.8. The molecular weight excluding hydrogens is 296 g/mol. The van der Waals surface area contributed by atoms with E-state index in [2.05, 4.69) is 5.32 Å². The first-order chi connectivity index (χ1) is 11.0. The van der Waals surface area contributed by atoms with Crippen LogP contribution >= 0.6 is 0 Å². The number of aryl methyl sites for hydroxylation is 2. The quantitative estimate of drug-likeness (QED) is 0.803. The van der Waals surface area contributed by atoms with Crippen LogP contribution in [-0.4, -0.2) is 17.1 Å². The second-order valence-electron chi connectivity index (χ2n) is 5.21. The van der Waals surface area contributed by atoms with E-state index in [1.807, 2.05) is 31.2 Å². The third-order valence-corrected chi connectivity index (χ3v) is 3.53. The van der Waals surface area contributed by atoms with E-state index in [0.29, 0.717) is 22.5 Å². The predicted octanol–water partition coefficient (Wildman–Crippen LogP) is 2.46. The first kappa shape index (κ1) is 14.9. The van der Waals surface area contributed by atoms with Gasteiger partial charge in [0.1, 0.15) is 5.75 Å². The third kappa shape index (κ3) is 3.11. The molecule has 0 unspecified atom stereocenters. The Balaban J connectivity index is 1.68. The molecule has 0 bridgehead atoms. The number of carbonyl (C=O) groups is 1. The fourth-order valence-corrected chi connectivity index (χ4v) is 2.27. The highest BCUT2D eigenvalue weighted by Gasteiger charge is 2.09. The first-order valence-electron chi connectivity index (χ1n) is 7.12. The number of rotatable bonds is 4. The lowest BCUT2D eigenvalue weighted by Crippen LogP contribution is -2.20. The molecule has 23 heavy (non-hydrogen) atoms. The Hall–Kier alpha value is -3.02. The summed E-state index contributed by atoms with van der Waals surface area (Å²) in [6.07, 6.45) is 0. The van der Waals surface area contributed by atoms with Crippen molar-refractivity contribution in [1.82, 2.24) is 4.57 Å². The lowest BCUT2D eigenvalue weighted by atomic mass is 10.2. The number of oxazole rings is 1. The van der Waals surface area contributed by atoms with Gasteiger partial charge >= 0.3 is 5.76 Å². The van der Waals surface area contributed by atoms with Gasteiger partial charge in [-0.2, -0.15) is 0 Å². The van der Waals surface area contributed by atoms with Gasteiger partial charge in [0.2, 0.25) is 0 Å². The van der Waals surface area contributed by atoms with Crippen molar-refractivity contribution in [3.63, 3.8) is 0 Å². The van der Waals surface area contributed by atoms with Crippen LogP contribution in [0.3, 0.4) is 0 Å². The Bertz CT molecular complexity index is 924. The molecule has 0 spiro atoms. The van der Waals surface area contributed by atoms with Gasteiger partial charge in [0.15, 0.2) is 12.2 Å². The van der Waals surface area contributed by atoms with Crippen molar-refractivity contribution in [1.29, 1.82) is 0 Å². The van der Waals surface area contributed by atoms with Gasteiger partial charge in [-0.1, -0.05) is 18.2 Å². The molecule has 0 atom stereocenters. The molecule has 0 saturated carbocycles. The number of hydrogen-bond donors (Lipinski definition) is 1. The number of nitrogens with one attached hydrogen (secondary N) is 1. The van der Waals surface area contributed by atoms with Crippen molar-refractivity contribution in [3.05, 3.63) is 58.6 Å². The maximum Gasteiger partial charge on any atom is 0.419 e. The van der Waals surface area contributed by atoms with E-state index < -0.39 is 5.76 Å². The third-order valence-electron chi connectivity index (χ3n) is 3.53. The molecule has 0 aliphatic heterocycles. The van der Waals surface area contributed by atoms with Gasteiger partial charge in [-0.25, -0.2) is 4.79 Å². The minimum atomic E-state index is -0.439. The van der Waals surface area contributed by atoms with Crippen molar-refractivity contribution in [2.24, 2.45) is 7.05 Å². The summed E-state index contributed by atoms with van der Waals surface area (Å²) in [5.41, 5.74) is 2.61. The summed E-state index contributed by atoms with van der Waals surface area (Å²) < 4.78 is 12.0. The number of carbonyl (C=O) groups excluding carboxylic acids is 1. The highest BCUT2D eigenvalue weighted by molar-refractivity contribution is 5.93. The van der Waals surface area contributed by atoms with Gasteiger partial charge in [0, 0.05) is 18.8 Å². The monoisotopic (exact) mass is 312 g/mol. The molecule has 1 N–H and O–H groups in total. The average molecular weight is 312 g/mol. The maximum atomic E-state index is 12.0. The van der Waals surface area contributed by atoms with Gasteiger partial charge in [-0.15, -0.1) is 0 Å². The molecule has 6 nitrogen and oxygen atoms in total. The summed E-state index contributed by atoms with van der Waals surface area (Å²) in [7, 11) is 1.63. The number of fused-ring (bicyclic) bond motifs is 1. The van der Waals surface area contributed by atoms with Crippen molar-refractivity contribution in [2.45, 2.75) is 6.92 Å². The molecule has 1 aromatic heterocycles. The van der Waals surface area contributed by atoms with Crippen LogP contribution in [0.15, 0.2) is 51.7 Å². The summed E-state index contributed by atoms with van der Waals surface area (Å²) >= 11 is 0. The molecule has 6 heteroatoms. The molecule has 2 aromatic carbocycles. The molecule has 0 radical (unpaired) electrons. The van der Waals surface area contributed by atoms with E-state index in [1.165, 1.54) is 4.57 Å². The zero-order chi connectivity index (χ0) is 16.4. The number of nitrogens with zero attached hydrogens (tertiary/aromatic N) is 1.